The molecule has 4 heterocycles. The van der Waals surface area contributed by atoms with Gasteiger partial charge in [-0.05, 0) is 37.5 Å². The summed E-state index contributed by atoms with van der Waals surface area (Å²) in [5.74, 6) is 1.53. The van der Waals surface area contributed by atoms with Crippen molar-refractivity contribution in [1.29, 1.82) is 0 Å². The first kappa shape index (κ1) is 20.9. The van der Waals surface area contributed by atoms with Crippen molar-refractivity contribution in [3.05, 3.63) is 72.0 Å². The van der Waals surface area contributed by atoms with Crippen molar-refractivity contribution in [2.75, 3.05) is 11.9 Å². The highest BCUT2D eigenvalue weighted by Gasteiger charge is 2.18. The first-order chi connectivity index (χ1) is 16.7. The molecule has 6 rings (SSSR count). The van der Waals surface area contributed by atoms with Gasteiger partial charge in [-0.3, -0.25) is 0 Å². The third kappa shape index (κ3) is 3.53. The molecular weight excluding hydrogens is 440 g/mol. The van der Waals surface area contributed by atoms with Gasteiger partial charge in [-0.2, -0.15) is 0 Å². The number of thiophene rings is 1. The first-order valence-corrected chi connectivity index (χ1v) is 12.6. The van der Waals surface area contributed by atoms with E-state index in [0.717, 1.165) is 47.8 Å². The Hall–Kier alpha value is -3.71. The maximum atomic E-state index is 5.01. The average molecular weight is 467 g/mol. The number of H-pyrrole nitrogens is 1. The van der Waals surface area contributed by atoms with Gasteiger partial charge in [0.2, 0.25) is 0 Å². The van der Waals surface area contributed by atoms with E-state index in [-0.39, 0.29) is 0 Å². The van der Waals surface area contributed by atoms with E-state index in [1.165, 1.54) is 26.6 Å². The van der Waals surface area contributed by atoms with Crippen molar-refractivity contribution in [3.63, 3.8) is 0 Å². The number of para-hydroxylation sites is 1. The van der Waals surface area contributed by atoms with E-state index in [9.17, 15) is 0 Å². The van der Waals surface area contributed by atoms with Crippen molar-refractivity contribution >= 4 is 49.3 Å². The van der Waals surface area contributed by atoms with Crippen LogP contribution in [0.3, 0.4) is 0 Å². The lowest BCUT2D eigenvalue weighted by molar-refractivity contribution is 0.541. The van der Waals surface area contributed by atoms with E-state index in [1.54, 1.807) is 11.3 Å². The number of anilines is 1. The van der Waals surface area contributed by atoms with Crippen molar-refractivity contribution in [2.45, 2.75) is 32.7 Å². The number of benzene rings is 2. The molecule has 0 saturated carbocycles. The van der Waals surface area contributed by atoms with Crippen LogP contribution in [-0.2, 0) is 6.42 Å². The molecule has 2 aromatic carbocycles. The maximum Gasteiger partial charge on any atom is 0.166 e. The van der Waals surface area contributed by atoms with Crippen LogP contribution in [0.1, 0.15) is 31.9 Å². The molecule has 0 spiro atoms. The molecular formula is C27H26N6S. The highest BCUT2D eigenvalue weighted by Crippen LogP contribution is 2.34. The molecule has 170 valence electrons. The Morgan fingerprint density at radius 3 is 2.76 bits per heavy atom. The zero-order valence-corrected chi connectivity index (χ0v) is 20.1. The number of nitrogens with zero attached hydrogens (tertiary/aromatic N) is 4. The third-order valence-electron chi connectivity index (χ3n) is 6.57. The monoisotopic (exact) mass is 466 g/mol. The fourth-order valence-electron chi connectivity index (χ4n) is 4.48. The first-order valence-electron chi connectivity index (χ1n) is 11.7. The van der Waals surface area contributed by atoms with Crippen LogP contribution in [0.15, 0.2) is 66.4 Å². The number of aromatic amines is 1. The van der Waals surface area contributed by atoms with Crippen LogP contribution in [0.4, 0.5) is 5.82 Å². The van der Waals surface area contributed by atoms with Gasteiger partial charge >= 0.3 is 0 Å². The van der Waals surface area contributed by atoms with Gasteiger partial charge in [0.15, 0.2) is 17.3 Å². The quantitative estimate of drug-likeness (QED) is 0.271. The number of aromatic nitrogens is 5. The number of imidazole rings is 1. The van der Waals surface area contributed by atoms with E-state index in [1.807, 2.05) is 6.33 Å². The Bertz CT molecular complexity index is 1610. The Balaban J connectivity index is 1.39. The van der Waals surface area contributed by atoms with Crippen LogP contribution in [0.25, 0.3) is 43.5 Å². The molecule has 0 fully saturated rings. The Labute approximate surface area is 201 Å². The zero-order valence-electron chi connectivity index (χ0n) is 19.2. The molecule has 2 N–H and O–H groups in total. The third-order valence-corrected chi connectivity index (χ3v) is 7.53. The number of hydrogen-bond acceptors (Lipinski definition) is 5. The molecule has 0 aliphatic carbocycles. The number of nitrogens with one attached hydrogen (secondary N) is 2. The van der Waals surface area contributed by atoms with Gasteiger partial charge in [-0.15, -0.1) is 11.3 Å². The second-order valence-electron chi connectivity index (χ2n) is 8.66. The normalized spacial score (nSPS) is 12.6. The molecule has 0 aliphatic heterocycles. The number of hydrogen-bond donors (Lipinski definition) is 2. The average Bonchev–Trinajstić information content (AvgIpc) is 3.60. The Morgan fingerprint density at radius 2 is 1.88 bits per heavy atom. The topological polar surface area (TPSA) is 71.4 Å². The van der Waals surface area contributed by atoms with Gasteiger partial charge in [-0.1, -0.05) is 43.3 Å². The highest BCUT2D eigenvalue weighted by atomic mass is 32.1. The van der Waals surface area contributed by atoms with E-state index in [0.29, 0.717) is 6.04 Å². The van der Waals surface area contributed by atoms with Crippen molar-refractivity contribution in [3.8, 4) is 11.4 Å². The summed E-state index contributed by atoms with van der Waals surface area (Å²) in [5, 5.41) is 8.19. The Morgan fingerprint density at radius 1 is 1.06 bits per heavy atom. The lowest BCUT2D eigenvalue weighted by atomic mass is 10.1. The van der Waals surface area contributed by atoms with Crippen molar-refractivity contribution < 1.29 is 0 Å². The van der Waals surface area contributed by atoms with Gasteiger partial charge in [0, 0.05) is 50.7 Å². The van der Waals surface area contributed by atoms with E-state index in [2.05, 4.69) is 88.8 Å². The zero-order chi connectivity index (χ0) is 23.1. The fourth-order valence-corrected chi connectivity index (χ4v) is 5.42. The molecule has 34 heavy (non-hydrogen) atoms. The van der Waals surface area contributed by atoms with Crippen LogP contribution >= 0.6 is 11.3 Å². The van der Waals surface area contributed by atoms with Crippen molar-refractivity contribution in [1.82, 2.24) is 24.5 Å². The minimum Gasteiger partial charge on any atom is -0.368 e. The molecule has 6 aromatic rings. The summed E-state index contributed by atoms with van der Waals surface area (Å²) in [4.78, 5) is 18.1. The second-order valence-corrected chi connectivity index (χ2v) is 9.57. The molecule has 7 heteroatoms. The SMILES string of the molecule is CCC(C)n1cnc2c(NCCc3c[nH]c4ccccc34)nc(-c3csc4ccccc34)nc21. The van der Waals surface area contributed by atoms with Crippen molar-refractivity contribution in [2.24, 2.45) is 0 Å². The van der Waals surface area contributed by atoms with Crippen LogP contribution in [0, 0.1) is 0 Å². The largest absolute Gasteiger partial charge is 0.368 e. The maximum absolute atomic E-state index is 5.01. The number of fused-ring (bicyclic) bond motifs is 3. The molecule has 6 nitrogen and oxygen atoms in total. The second kappa shape index (κ2) is 8.57. The standard InChI is InChI=1S/C27H26N6S/c1-3-17(2)33-16-30-24-26(28-13-12-18-14-29-22-10-6-4-8-19(18)22)31-25(32-27(24)33)21-15-34-23-11-7-5-9-20(21)23/h4-11,14-17,29H,3,12-13H2,1-2H3,(H,28,31,32). The summed E-state index contributed by atoms with van der Waals surface area (Å²) in [6, 6.07) is 17.2. The highest BCUT2D eigenvalue weighted by molar-refractivity contribution is 7.17. The van der Waals surface area contributed by atoms with Gasteiger partial charge in [0.1, 0.15) is 5.52 Å². The fraction of sp³-hybridized carbons (Fsp3) is 0.222. The van der Waals surface area contributed by atoms with E-state index in [4.69, 9.17) is 15.0 Å². The molecule has 1 atom stereocenters. The lowest BCUT2D eigenvalue weighted by Crippen LogP contribution is -2.09. The molecule has 0 saturated heterocycles. The van der Waals surface area contributed by atoms with Gasteiger partial charge in [0.05, 0.1) is 6.33 Å². The Kier molecular flexibility index (Phi) is 5.26. The van der Waals surface area contributed by atoms with Crippen LogP contribution in [0.2, 0.25) is 0 Å². The smallest absolute Gasteiger partial charge is 0.166 e. The molecule has 1 unspecified atom stereocenters. The summed E-state index contributed by atoms with van der Waals surface area (Å²) in [7, 11) is 0. The van der Waals surface area contributed by atoms with Crippen LogP contribution < -0.4 is 5.32 Å². The molecule has 0 aliphatic rings. The molecule has 0 bridgehead atoms. The summed E-state index contributed by atoms with van der Waals surface area (Å²) in [5.41, 5.74) is 5.23. The molecule has 4 aromatic heterocycles. The van der Waals surface area contributed by atoms with Crippen LogP contribution in [-0.4, -0.2) is 31.0 Å². The summed E-state index contributed by atoms with van der Waals surface area (Å²) < 4.78 is 3.41. The molecule has 0 radical (unpaired) electrons. The van der Waals surface area contributed by atoms with E-state index < -0.39 is 0 Å². The lowest BCUT2D eigenvalue weighted by Gasteiger charge is -2.13. The minimum absolute atomic E-state index is 0.311. The summed E-state index contributed by atoms with van der Waals surface area (Å²) in [6.07, 6.45) is 5.89. The number of rotatable bonds is 7. The van der Waals surface area contributed by atoms with Gasteiger partial charge in [0.25, 0.3) is 0 Å². The van der Waals surface area contributed by atoms with E-state index >= 15 is 0 Å². The summed E-state index contributed by atoms with van der Waals surface area (Å²) >= 11 is 1.73. The molecule has 0 amide bonds. The predicted octanol–water partition coefficient (Wildman–Crippen LogP) is 6.81. The minimum atomic E-state index is 0.311. The van der Waals surface area contributed by atoms with Gasteiger partial charge in [-0.25, -0.2) is 15.0 Å². The van der Waals surface area contributed by atoms with Gasteiger partial charge < -0.3 is 14.9 Å². The summed E-state index contributed by atoms with van der Waals surface area (Å²) in [6.45, 7) is 5.15. The predicted molar refractivity (Wildman–Crippen MR) is 142 cm³/mol. The van der Waals surface area contributed by atoms with Crippen LogP contribution in [0.5, 0.6) is 0 Å².